The molecule has 9 nitrogen and oxygen atoms in total. The van der Waals surface area contributed by atoms with E-state index in [1.165, 1.54) is 21.3 Å². The number of H-pyrrole nitrogens is 1. The summed E-state index contributed by atoms with van der Waals surface area (Å²) < 4.78 is 20.0. The second-order valence-electron chi connectivity index (χ2n) is 5.81. The number of benzene rings is 1. The van der Waals surface area contributed by atoms with Crippen molar-refractivity contribution in [2.24, 2.45) is 0 Å². The first-order valence-electron chi connectivity index (χ1n) is 8.28. The number of carbonyl (C=O) groups excluding carboxylic acids is 3. The Morgan fingerprint density at radius 3 is 2.29 bits per heavy atom. The summed E-state index contributed by atoms with van der Waals surface area (Å²) in [4.78, 5) is 38.9. The van der Waals surface area contributed by atoms with Crippen molar-refractivity contribution in [2.75, 3.05) is 33.3 Å². The van der Waals surface area contributed by atoms with Crippen LogP contribution < -0.4 is 14.8 Å². The van der Waals surface area contributed by atoms with Gasteiger partial charge in [-0.25, -0.2) is 9.59 Å². The summed E-state index contributed by atoms with van der Waals surface area (Å²) in [7, 11) is 4.24. The molecule has 0 saturated carbocycles. The second-order valence-corrected chi connectivity index (χ2v) is 5.81. The molecule has 150 valence electrons. The number of rotatable bonds is 7. The Labute approximate surface area is 161 Å². The highest BCUT2D eigenvalue weighted by Gasteiger charge is 2.23. The molecule has 0 atom stereocenters. The molecule has 9 heteroatoms. The van der Waals surface area contributed by atoms with Crippen molar-refractivity contribution in [2.45, 2.75) is 13.8 Å². The summed E-state index contributed by atoms with van der Waals surface area (Å²) in [6.45, 7) is 2.73. The number of hydrogen-bond acceptors (Lipinski definition) is 7. The highest BCUT2D eigenvalue weighted by Crippen LogP contribution is 2.29. The Bertz CT molecular complexity index is 902. The molecular weight excluding hydrogens is 368 g/mol. The van der Waals surface area contributed by atoms with E-state index >= 15 is 0 Å². The fourth-order valence-electron chi connectivity index (χ4n) is 2.68. The number of aromatic amines is 1. The first kappa shape index (κ1) is 20.8. The van der Waals surface area contributed by atoms with Crippen molar-refractivity contribution in [3.63, 3.8) is 0 Å². The average Bonchev–Trinajstić information content (AvgIpc) is 2.99. The van der Waals surface area contributed by atoms with Gasteiger partial charge in [-0.3, -0.25) is 4.79 Å². The number of esters is 2. The van der Waals surface area contributed by atoms with Gasteiger partial charge in [-0.15, -0.1) is 0 Å². The van der Waals surface area contributed by atoms with Crippen LogP contribution in [0.2, 0.25) is 0 Å². The Hall–Kier alpha value is -3.49. The minimum Gasteiger partial charge on any atom is -0.493 e. The van der Waals surface area contributed by atoms with Gasteiger partial charge >= 0.3 is 11.9 Å². The molecule has 0 aliphatic carbocycles. The van der Waals surface area contributed by atoms with Crippen LogP contribution in [-0.4, -0.2) is 50.8 Å². The Morgan fingerprint density at radius 2 is 1.68 bits per heavy atom. The molecule has 28 heavy (non-hydrogen) atoms. The topological polar surface area (TPSA) is 116 Å². The van der Waals surface area contributed by atoms with Crippen LogP contribution in [0.15, 0.2) is 18.2 Å². The van der Waals surface area contributed by atoms with E-state index in [1.807, 2.05) is 0 Å². The lowest BCUT2D eigenvalue weighted by molar-refractivity contribution is -0.119. The molecule has 1 amide bonds. The molecule has 0 unspecified atom stereocenters. The predicted molar refractivity (Wildman–Crippen MR) is 100 cm³/mol. The molecule has 1 aromatic heterocycles. The zero-order chi connectivity index (χ0) is 20.8. The molecule has 2 aromatic rings. The van der Waals surface area contributed by atoms with Crippen LogP contribution in [0.3, 0.4) is 0 Å². The number of carbonyl (C=O) groups is 3. The summed E-state index contributed by atoms with van der Waals surface area (Å²) in [6, 6.07) is 4.85. The van der Waals surface area contributed by atoms with Crippen LogP contribution in [0.1, 0.15) is 32.1 Å². The molecule has 0 saturated heterocycles. The number of nitrogens with one attached hydrogen (secondary N) is 2. The molecule has 1 aromatic carbocycles. The summed E-state index contributed by atoms with van der Waals surface area (Å²) in [5.74, 6) is -0.875. The average molecular weight is 390 g/mol. The van der Waals surface area contributed by atoms with Gasteiger partial charge < -0.3 is 29.2 Å². The van der Waals surface area contributed by atoms with Crippen LogP contribution >= 0.6 is 0 Å². The Balaban J connectivity index is 2.02. The van der Waals surface area contributed by atoms with E-state index in [9.17, 15) is 14.4 Å². The zero-order valence-corrected chi connectivity index (χ0v) is 16.3. The van der Waals surface area contributed by atoms with Crippen molar-refractivity contribution in [1.29, 1.82) is 0 Å². The monoisotopic (exact) mass is 390 g/mol. The van der Waals surface area contributed by atoms with E-state index in [0.29, 0.717) is 28.4 Å². The smallest absolute Gasteiger partial charge is 0.355 e. The molecule has 0 radical (unpaired) electrons. The molecule has 0 bridgehead atoms. The zero-order valence-electron chi connectivity index (χ0n) is 16.3. The van der Waals surface area contributed by atoms with Gasteiger partial charge in [0.05, 0.1) is 26.9 Å². The first-order valence-corrected chi connectivity index (χ1v) is 8.28. The fraction of sp³-hybridized carbons (Fsp3) is 0.316. The van der Waals surface area contributed by atoms with Gasteiger partial charge in [0.2, 0.25) is 0 Å². The van der Waals surface area contributed by atoms with E-state index < -0.39 is 24.5 Å². The van der Waals surface area contributed by atoms with Crippen molar-refractivity contribution in [1.82, 2.24) is 4.98 Å². The number of amides is 1. The van der Waals surface area contributed by atoms with Gasteiger partial charge in [0.15, 0.2) is 18.1 Å². The van der Waals surface area contributed by atoms with E-state index in [-0.39, 0.29) is 11.3 Å². The number of anilines is 1. The Morgan fingerprint density at radius 1 is 1.00 bits per heavy atom. The third-order valence-electron chi connectivity index (χ3n) is 4.03. The van der Waals surface area contributed by atoms with Crippen LogP contribution in [-0.2, 0) is 14.3 Å². The predicted octanol–water partition coefficient (Wildman–Crippen LogP) is 2.23. The maximum absolute atomic E-state index is 12.3. The fourth-order valence-corrected chi connectivity index (χ4v) is 2.68. The van der Waals surface area contributed by atoms with Crippen LogP contribution in [0.4, 0.5) is 5.69 Å². The maximum Gasteiger partial charge on any atom is 0.355 e. The molecule has 0 spiro atoms. The van der Waals surface area contributed by atoms with Gasteiger partial charge in [0.1, 0.15) is 5.69 Å². The standard InChI is InChI=1S/C19H22N2O7/c1-10-16(18(23)27-5)11(2)20-17(10)19(24)28-9-15(22)21-12-6-7-13(25-3)14(8-12)26-4/h6-8,20H,9H2,1-5H3,(H,21,22). The highest BCUT2D eigenvalue weighted by atomic mass is 16.5. The number of aromatic nitrogens is 1. The normalized spacial score (nSPS) is 10.2. The highest BCUT2D eigenvalue weighted by molar-refractivity contribution is 5.99. The molecule has 1 heterocycles. The molecule has 2 N–H and O–H groups in total. The molecule has 0 aliphatic heterocycles. The van der Waals surface area contributed by atoms with Crippen molar-refractivity contribution >= 4 is 23.5 Å². The third kappa shape index (κ3) is 4.43. The summed E-state index contributed by atoms with van der Waals surface area (Å²) >= 11 is 0. The van der Waals surface area contributed by atoms with Crippen molar-refractivity contribution in [3.8, 4) is 11.5 Å². The molecule has 0 fully saturated rings. The summed E-state index contributed by atoms with van der Waals surface area (Å²) in [5.41, 5.74) is 1.69. The van der Waals surface area contributed by atoms with Gasteiger partial charge in [0, 0.05) is 17.4 Å². The first-order chi connectivity index (χ1) is 13.3. The Kier molecular flexibility index (Phi) is 6.64. The van der Waals surface area contributed by atoms with Crippen molar-refractivity contribution in [3.05, 3.63) is 40.7 Å². The second kappa shape index (κ2) is 8.94. The number of hydrogen-bond donors (Lipinski definition) is 2. The van der Waals surface area contributed by atoms with Crippen LogP contribution in [0, 0.1) is 13.8 Å². The van der Waals surface area contributed by atoms with E-state index in [4.69, 9.17) is 18.9 Å². The number of aryl methyl sites for hydroxylation is 1. The van der Waals surface area contributed by atoms with Gasteiger partial charge in [-0.2, -0.15) is 0 Å². The SMILES string of the molecule is COC(=O)c1c(C)[nH]c(C(=O)OCC(=O)Nc2ccc(OC)c(OC)c2)c1C. The number of ether oxygens (including phenoxy) is 4. The third-order valence-corrected chi connectivity index (χ3v) is 4.03. The lowest BCUT2D eigenvalue weighted by atomic mass is 10.1. The van der Waals surface area contributed by atoms with Gasteiger partial charge in [0.25, 0.3) is 5.91 Å². The quantitative estimate of drug-likeness (QED) is 0.697. The minimum absolute atomic E-state index is 0.0943. The van der Waals surface area contributed by atoms with Crippen molar-refractivity contribution < 1.29 is 33.3 Å². The van der Waals surface area contributed by atoms with Gasteiger partial charge in [-0.05, 0) is 31.5 Å². The molecule has 2 rings (SSSR count). The molecule has 0 aliphatic rings. The summed E-state index contributed by atoms with van der Waals surface area (Å²) in [5, 5.41) is 2.60. The summed E-state index contributed by atoms with van der Waals surface area (Å²) in [6.07, 6.45) is 0. The maximum atomic E-state index is 12.3. The van der Waals surface area contributed by atoms with Gasteiger partial charge in [-0.1, -0.05) is 0 Å². The molecular formula is C19H22N2O7. The minimum atomic E-state index is -0.752. The lowest BCUT2D eigenvalue weighted by Gasteiger charge is -2.10. The van der Waals surface area contributed by atoms with E-state index in [1.54, 1.807) is 32.0 Å². The number of methoxy groups -OCH3 is 3. The van der Waals surface area contributed by atoms with Crippen LogP contribution in [0.25, 0.3) is 0 Å². The van der Waals surface area contributed by atoms with E-state index in [0.717, 1.165) is 0 Å². The van der Waals surface area contributed by atoms with E-state index in [2.05, 4.69) is 10.3 Å². The van der Waals surface area contributed by atoms with Crippen LogP contribution in [0.5, 0.6) is 11.5 Å². The largest absolute Gasteiger partial charge is 0.493 e. The lowest BCUT2D eigenvalue weighted by Crippen LogP contribution is -2.21.